The van der Waals surface area contributed by atoms with Gasteiger partial charge < -0.3 is 4.74 Å². The number of halogens is 2. The van der Waals surface area contributed by atoms with E-state index in [0.29, 0.717) is 22.4 Å². The average molecular weight is 237 g/mol. The van der Waals surface area contributed by atoms with Crippen molar-refractivity contribution < 1.29 is 4.74 Å². The molecule has 72 valence electrons. The van der Waals surface area contributed by atoms with Crippen LogP contribution in [0.3, 0.4) is 0 Å². The molecular weight excluding hydrogens is 227 g/mol. The second kappa shape index (κ2) is 5.63. The van der Waals surface area contributed by atoms with E-state index in [1.165, 1.54) is 0 Å². The molecule has 1 nitrogen and oxygen atoms in total. The summed E-state index contributed by atoms with van der Waals surface area (Å²) < 4.78 is 5.39. The van der Waals surface area contributed by atoms with E-state index in [0.717, 1.165) is 12.2 Å². The zero-order chi connectivity index (χ0) is 9.68. The third-order valence-corrected chi connectivity index (χ3v) is 2.59. The predicted molar refractivity (Wildman–Crippen MR) is 60.4 cm³/mol. The molecule has 4 heteroatoms. The minimum atomic E-state index is 0.475. The van der Waals surface area contributed by atoms with Gasteiger partial charge >= 0.3 is 0 Å². The Labute approximate surface area is 93.4 Å². The molecule has 0 radical (unpaired) electrons. The average Bonchev–Trinajstić information content (AvgIpc) is 2.13. The van der Waals surface area contributed by atoms with E-state index in [1.54, 1.807) is 12.1 Å². The maximum atomic E-state index is 5.90. The molecule has 0 heterocycles. The molecule has 0 N–H and O–H groups in total. The summed E-state index contributed by atoms with van der Waals surface area (Å²) in [7, 11) is 0. The summed E-state index contributed by atoms with van der Waals surface area (Å²) in [4.78, 5) is 0. The van der Waals surface area contributed by atoms with Crippen LogP contribution in [0.1, 0.15) is 6.42 Å². The summed E-state index contributed by atoms with van der Waals surface area (Å²) in [5.74, 6) is 1.44. The van der Waals surface area contributed by atoms with Crippen LogP contribution < -0.4 is 4.74 Å². The molecule has 0 aliphatic rings. The van der Waals surface area contributed by atoms with Gasteiger partial charge in [0.2, 0.25) is 0 Å². The first-order valence-electron chi connectivity index (χ1n) is 3.93. The van der Waals surface area contributed by atoms with Crippen molar-refractivity contribution in [2.24, 2.45) is 0 Å². The van der Waals surface area contributed by atoms with Crippen molar-refractivity contribution in [2.45, 2.75) is 6.42 Å². The van der Waals surface area contributed by atoms with Crippen LogP contribution in [-0.2, 0) is 0 Å². The number of ether oxygens (including phenoxy) is 1. The molecule has 0 unspecified atom stereocenters. The number of hydrogen-bond donors (Lipinski definition) is 1. The van der Waals surface area contributed by atoms with E-state index in [9.17, 15) is 0 Å². The molecule has 0 fully saturated rings. The van der Waals surface area contributed by atoms with E-state index in [1.807, 2.05) is 6.07 Å². The summed E-state index contributed by atoms with van der Waals surface area (Å²) >= 11 is 15.8. The van der Waals surface area contributed by atoms with Gasteiger partial charge in [0.25, 0.3) is 0 Å². The third-order valence-electron chi connectivity index (χ3n) is 1.48. The molecular formula is C9H10Cl2OS. The van der Waals surface area contributed by atoms with Crippen LogP contribution in [0, 0.1) is 0 Å². The molecule has 0 saturated heterocycles. The van der Waals surface area contributed by atoms with Crippen LogP contribution in [0.15, 0.2) is 18.2 Å². The highest BCUT2D eigenvalue weighted by Gasteiger charge is 2.04. The van der Waals surface area contributed by atoms with Gasteiger partial charge in [-0.15, -0.1) is 0 Å². The van der Waals surface area contributed by atoms with Crippen molar-refractivity contribution in [1.82, 2.24) is 0 Å². The van der Waals surface area contributed by atoms with Crippen LogP contribution >= 0.6 is 35.8 Å². The van der Waals surface area contributed by atoms with Crippen molar-refractivity contribution in [2.75, 3.05) is 12.4 Å². The monoisotopic (exact) mass is 236 g/mol. The second-order valence-corrected chi connectivity index (χ2v) is 3.71. The van der Waals surface area contributed by atoms with Gasteiger partial charge in [-0.1, -0.05) is 29.3 Å². The minimum Gasteiger partial charge on any atom is -0.492 e. The van der Waals surface area contributed by atoms with Gasteiger partial charge in [-0.2, -0.15) is 12.6 Å². The SMILES string of the molecule is SCCCOc1cccc(Cl)c1Cl. The molecule has 0 aliphatic carbocycles. The zero-order valence-electron chi connectivity index (χ0n) is 6.96. The van der Waals surface area contributed by atoms with E-state index >= 15 is 0 Å². The molecule has 1 aromatic rings. The Morgan fingerprint density at radius 2 is 2.08 bits per heavy atom. The fourth-order valence-corrected chi connectivity index (χ4v) is 1.32. The van der Waals surface area contributed by atoms with E-state index in [-0.39, 0.29) is 0 Å². The Balaban J connectivity index is 2.61. The lowest BCUT2D eigenvalue weighted by atomic mass is 10.3. The fourth-order valence-electron chi connectivity index (χ4n) is 0.842. The van der Waals surface area contributed by atoms with Gasteiger partial charge in [0.05, 0.1) is 11.6 Å². The topological polar surface area (TPSA) is 9.23 Å². The van der Waals surface area contributed by atoms with E-state index < -0.39 is 0 Å². The van der Waals surface area contributed by atoms with Crippen LogP contribution in [0.5, 0.6) is 5.75 Å². The maximum Gasteiger partial charge on any atom is 0.139 e. The molecule has 0 atom stereocenters. The van der Waals surface area contributed by atoms with Gasteiger partial charge in [-0.3, -0.25) is 0 Å². The first-order chi connectivity index (χ1) is 6.25. The van der Waals surface area contributed by atoms with Gasteiger partial charge in [0.15, 0.2) is 0 Å². The first-order valence-corrected chi connectivity index (χ1v) is 5.32. The van der Waals surface area contributed by atoms with Crippen molar-refractivity contribution in [3.05, 3.63) is 28.2 Å². The van der Waals surface area contributed by atoms with Crippen LogP contribution in [-0.4, -0.2) is 12.4 Å². The first kappa shape index (κ1) is 11.0. The van der Waals surface area contributed by atoms with Crippen molar-refractivity contribution in [1.29, 1.82) is 0 Å². The van der Waals surface area contributed by atoms with Crippen molar-refractivity contribution in [3.63, 3.8) is 0 Å². The summed E-state index contributed by atoms with van der Waals surface area (Å²) in [5, 5.41) is 0.994. The largest absolute Gasteiger partial charge is 0.492 e. The Hall–Kier alpha value is -0.0500. The lowest BCUT2D eigenvalue weighted by molar-refractivity contribution is 0.319. The summed E-state index contributed by atoms with van der Waals surface area (Å²) in [5.41, 5.74) is 0. The predicted octanol–water partition coefficient (Wildman–Crippen LogP) is 3.69. The Kier molecular flexibility index (Phi) is 4.78. The highest BCUT2D eigenvalue weighted by Crippen LogP contribution is 2.31. The number of hydrogen-bond acceptors (Lipinski definition) is 2. The quantitative estimate of drug-likeness (QED) is 0.620. The molecule has 13 heavy (non-hydrogen) atoms. The van der Waals surface area contributed by atoms with Gasteiger partial charge in [-0.05, 0) is 24.3 Å². The van der Waals surface area contributed by atoms with E-state index in [4.69, 9.17) is 27.9 Å². The molecule has 0 aromatic heterocycles. The van der Waals surface area contributed by atoms with Gasteiger partial charge in [0, 0.05) is 0 Å². The lowest BCUT2D eigenvalue weighted by Crippen LogP contribution is -1.98. The molecule has 0 amide bonds. The van der Waals surface area contributed by atoms with Crippen LogP contribution in [0.25, 0.3) is 0 Å². The van der Waals surface area contributed by atoms with Gasteiger partial charge in [0.1, 0.15) is 10.8 Å². The molecule has 0 bridgehead atoms. The number of rotatable bonds is 4. The Morgan fingerprint density at radius 3 is 2.77 bits per heavy atom. The fraction of sp³-hybridized carbons (Fsp3) is 0.333. The third kappa shape index (κ3) is 3.29. The zero-order valence-corrected chi connectivity index (χ0v) is 9.37. The smallest absolute Gasteiger partial charge is 0.139 e. The molecule has 1 aromatic carbocycles. The van der Waals surface area contributed by atoms with Crippen molar-refractivity contribution >= 4 is 35.8 Å². The highest BCUT2D eigenvalue weighted by molar-refractivity contribution is 7.80. The molecule has 0 spiro atoms. The van der Waals surface area contributed by atoms with Crippen LogP contribution in [0.4, 0.5) is 0 Å². The number of thiol groups is 1. The molecule has 1 rings (SSSR count). The van der Waals surface area contributed by atoms with Crippen LogP contribution in [0.2, 0.25) is 10.0 Å². The second-order valence-electron chi connectivity index (χ2n) is 2.48. The Morgan fingerprint density at radius 1 is 1.31 bits per heavy atom. The summed E-state index contributed by atoms with van der Waals surface area (Å²) in [6, 6.07) is 5.34. The summed E-state index contributed by atoms with van der Waals surface area (Å²) in [6.07, 6.45) is 0.895. The Bertz CT molecular complexity index is 278. The lowest BCUT2D eigenvalue weighted by Gasteiger charge is -2.07. The highest BCUT2D eigenvalue weighted by atomic mass is 35.5. The molecule has 0 saturated carbocycles. The molecule has 0 aliphatic heterocycles. The summed E-state index contributed by atoms with van der Waals surface area (Å²) in [6.45, 7) is 0.615. The maximum absolute atomic E-state index is 5.90. The van der Waals surface area contributed by atoms with Crippen molar-refractivity contribution in [3.8, 4) is 5.75 Å². The minimum absolute atomic E-state index is 0.475. The standard InChI is InChI=1S/C9H10Cl2OS/c10-7-3-1-4-8(9(7)11)12-5-2-6-13/h1,3-4,13H,2,5-6H2. The van der Waals surface area contributed by atoms with E-state index in [2.05, 4.69) is 12.6 Å². The number of benzene rings is 1. The van der Waals surface area contributed by atoms with Gasteiger partial charge in [-0.25, -0.2) is 0 Å². The normalized spacial score (nSPS) is 10.1.